The Morgan fingerprint density at radius 1 is 1.53 bits per heavy atom. The monoisotopic (exact) mass is 238 g/mol. The van der Waals surface area contributed by atoms with Gasteiger partial charge in [0.05, 0.1) is 12.7 Å². The lowest BCUT2D eigenvalue weighted by Crippen LogP contribution is -2.30. The first-order valence-electron chi connectivity index (χ1n) is 5.40. The van der Waals surface area contributed by atoms with Crippen molar-refractivity contribution in [1.29, 1.82) is 0 Å². The minimum atomic E-state index is -0.555. The number of hydrogen-bond acceptors (Lipinski definition) is 4. The number of hydrogen-bond donors (Lipinski definition) is 3. The number of ether oxygens (including phenoxy) is 1. The van der Waals surface area contributed by atoms with Gasteiger partial charge in [-0.05, 0) is 11.6 Å². The van der Waals surface area contributed by atoms with E-state index in [1.54, 1.807) is 12.1 Å². The molecule has 0 bridgehead atoms. The summed E-state index contributed by atoms with van der Waals surface area (Å²) in [7, 11) is 1.53. The summed E-state index contributed by atoms with van der Waals surface area (Å²) in [5, 5.41) is 12.5. The fraction of sp³-hybridized carbons (Fsp3) is 0.417. The first-order chi connectivity index (χ1) is 8.15. The van der Waals surface area contributed by atoms with E-state index in [-0.39, 0.29) is 6.61 Å². The number of nitrogens with two attached hydrogens (primary N) is 1. The molecule has 0 aliphatic heterocycles. The van der Waals surface area contributed by atoms with Gasteiger partial charge in [-0.25, -0.2) is 0 Å². The molecule has 0 aliphatic rings. The standard InChI is InChI=1S/C12H18N2O3/c1-17-8-10(15)7-14-6-9-4-2-3-5-11(9)12(13)16/h2-5,10,14-15H,6-8H2,1H3,(H2,13,16). The molecule has 0 fully saturated rings. The molecule has 0 aliphatic carbocycles. The van der Waals surface area contributed by atoms with E-state index in [4.69, 9.17) is 10.5 Å². The summed E-state index contributed by atoms with van der Waals surface area (Å²) in [4.78, 5) is 11.1. The summed E-state index contributed by atoms with van der Waals surface area (Å²) >= 11 is 0. The highest BCUT2D eigenvalue weighted by Crippen LogP contribution is 2.07. The fourth-order valence-corrected chi connectivity index (χ4v) is 1.54. The highest BCUT2D eigenvalue weighted by Gasteiger charge is 2.07. The van der Waals surface area contributed by atoms with E-state index in [1.165, 1.54) is 7.11 Å². The van der Waals surface area contributed by atoms with Gasteiger partial charge in [0, 0.05) is 25.8 Å². The Bertz CT molecular complexity index is 369. The maximum absolute atomic E-state index is 11.1. The zero-order valence-corrected chi connectivity index (χ0v) is 9.85. The Morgan fingerprint density at radius 3 is 2.88 bits per heavy atom. The zero-order chi connectivity index (χ0) is 12.7. The summed E-state index contributed by atoms with van der Waals surface area (Å²) in [6.07, 6.45) is -0.555. The predicted molar refractivity (Wildman–Crippen MR) is 64.5 cm³/mol. The summed E-state index contributed by atoms with van der Waals surface area (Å²) in [6, 6.07) is 7.12. The van der Waals surface area contributed by atoms with Crippen LogP contribution in [-0.4, -0.2) is 37.4 Å². The van der Waals surface area contributed by atoms with Gasteiger partial charge in [-0.1, -0.05) is 18.2 Å². The molecule has 4 N–H and O–H groups in total. The van der Waals surface area contributed by atoms with Gasteiger partial charge >= 0.3 is 0 Å². The number of nitrogens with one attached hydrogen (secondary N) is 1. The molecule has 0 saturated heterocycles. The fourth-order valence-electron chi connectivity index (χ4n) is 1.54. The number of aliphatic hydroxyl groups excluding tert-OH is 1. The number of rotatable bonds is 7. The minimum absolute atomic E-state index is 0.282. The van der Waals surface area contributed by atoms with Crippen molar-refractivity contribution in [1.82, 2.24) is 5.32 Å². The number of primary amides is 1. The number of aliphatic hydroxyl groups is 1. The zero-order valence-electron chi connectivity index (χ0n) is 9.85. The first kappa shape index (κ1) is 13.6. The van der Waals surface area contributed by atoms with Crippen molar-refractivity contribution in [2.75, 3.05) is 20.3 Å². The van der Waals surface area contributed by atoms with Gasteiger partial charge in [-0.3, -0.25) is 4.79 Å². The third-order valence-electron chi connectivity index (χ3n) is 2.34. The van der Waals surface area contributed by atoms with E-state index in [1.807, 2.05) is 12.1 Å². The lowest BCUT2D eigenvalue weighted by molar-refractivity contribution is 0.0644. The van der Waals surface area contributed by atoms with Crippen LogP contribution in [0.1, 0.15) is 15.9 Å². The van der Waals surface area contributed by atoms with E-state index in [0.717, 1.165) is 5.56 Å². The molecule has 0 saturated carbocycles. The molecular formula is C12H18N2O3. The second kappa shape index (κ2) is 7.01. The van der Waals surface area contributed by atoms with Gasteiger partial charge in [-0.15, -0.1) is 0 Å². The van der Waals surface area contributed by atoms with E-state index in [9.17, 15) is 9.90 Å². The van der Waals surface area contributed by atoms with Crippen molar-refractivity contribution in [2.24, 2.45) is 5.73 Å². The molecule has 1 unspecified atom stereocenters. The lowest BCUT2D eigenvalue weighted by Gasteiger charge is -2.12. The van der Waals surface area contributed by atoms with Gasteiger partial charge < -0.3 is 20.9 Å². The molecular weight excluding hydrogens is 220 g/mol. The maximum Gasteiger partial charge on any atom is 0.249 e. The van der Waals surface area contributed by atoms with E-state index < -0.39 is 12.0 Å². The van der Waals surface area contributed by atoms with E-state index in [2.05, 4.69) is 5.32 Å². The van der Waals surface area contributed by atoms with E-state index >= 15 is 0 Å². The summed E-state index contributed by atoms with van der Waals surface area (Å²) in [5.74, 6) is -0.445. The van der Waals surface area contributed by atoms with Gasteiger partial charge in [-0.2, -0.15) is 0 Å². The van der Waals surface area contributed by atoms with Gasteiger partial charge in [0.1, 0.15) is 0 Å². The van der Waals surface area contributed by atoms with Crippen LogP contribution >= 0.6 is 0 Å². The Morgan fingerprint density at radius 2 is 2.24 bits per heavy atom. The maximum atomic E-state index is 11.1. The molecule has 1 amide bonds. The minimum Gasteiger partial charge on any atom is -0.389 e. The number of carbonyl (C=O) groups is 1. The average molecular weight is 238 g/mol. The van der Waals surface area contributed by atoms with Gasteiger partial charge in [0.15, 0.2) is 0 Å². The molecule has 0 heterocycles. The van der Waals surface area contributed by atoms with Crippen LogP contribution in [0, 0.1) is 0 Å². The normalized spacial score (nSPS) is 12.4. The van der Waals surface area contributed by atoms with Crippen LogP contribution in [0.4, 0.5) is 0 Å². The number of amides is 1. The molecule has 1 atom stereocenters. The van der Waals surface area contributed by atoms with Crippen molar-refractivity contribution < 1.29 is 14.6 Å². The molecule has 0 radical (unpaired) electrons. The van der Waals surface area contributed by atoms with Crippen LogP contribution in [0.15, 0.2) is 24.3 Å². The Kier molecular flexibility index (Phi) is 5.62. The number of benzene rings is 1. The van der Waals surface area contributed by atoms with Crippen molar-refractivity contribution in [3.63, 3.8) is 0 Å². The van der Waals surface area contributed by atoms with Crippen LogP contribution < -0.4 is 11.1 Å². The van der Waals surface area contributed by atoms with Crippen molar-refractivity contribution in [3.8, 4) is 0 Å². The highest BCUT2D eigenvalue weighted by molar-refractivity contribution is 5.94. The summed E-state index contributed by atoms with van der Waals surface area (Å²) in [6.45, 7) is 1.17. The third kappa shape index (κ3) is 4.52. The molecule has 0 aromatic heterocycles. The summed E-state index contributed by atoms with van der Waals surface area (Å²) < 4.78 is 4.80. The number of carbonyl (C=O) groups excluding carboxylic acids is 1. The highest BCUT2D eigenvalue weighted by atomic mass is 16.5. The quantitative estimate of drug-likeness (QED) is 0.618. The van der Waals surface area contributed by atoms with Crippen LogP contribution in [0.5, 0.6) is 0 Å². The smallest absolute Gasteiger partial charge is 0.249 e. The molecule has 5 nitrogen and oxygen atoms in total. The number of methoxy groups -OCH3 is 1. The molecule has 17 heavy (non-hydrogen) atoms. The Balaban J connectivity index is 2.49. The second-order valence-electron chi connectivity index (χ2n) is 3.76. The van der Waals surface area contributed by atoms with Crippen molar-refractivity contribution in [3.05, 3.63) is 35.4 Å². The third-order valence-corrected chi connectivity index (χ3v) is 2.34. The molecule has 1 rings (SSSR count). The predicted octanol–water partition coefficient (Wildman–Crippen LogP) is -0.118. The second-order valence-corrected chi connectivity index (χ2v) is 3.76. The van der Waals surface area contributed by atoms with Crippen LogP contribution in [-0.2, 0) is 11.3 Å². The Labute approximate surface area is 101 Å². The van der Waals surface area contributed by atoms with Gasteiger partial charge in [0.25, 0.3) is 0 Å². The molecule has 5 heteroatoms. The molecule has 0 spiro atoms. The average Bonchev–Trinajstić information content (AvgIpc) is 2.30. The van der Waals surface area contributed by atoms with Crippen LogP contribution in [0.3, 0.4) is 0 Å². The largest absolute Gasteiger partial charge is 0.389 e. The van der Waals surface area contributed by atoms with Crippen LogP contribution in [0.25, 0.3) is 0 Å². The van der Waals surface area contributed by atoms with E-state index in [0.29, 0.717) is 18.7 Å². The van der Waals surface area contributed by atoms with Gasteiger partial charge in [0.2, 0.25) is 5.91 Å². The molecule has 1 aromatic rings. The molecule has 94 valence electrons. The topological polar surface area (TPSA) is 84.6 Å². The lowest BCUT2D eigenvalue weighted by atomic mass is 10.1. The van der Waals surface area contributed by atoms with Crippen LogP contribution in [0.2, 0.25) is 0 Å². The summed E-state index contributed by atoms with van der Waals surface area (Å²) in [5.41, 5.74) is 6.58. The first-order valence-corrected chi connectivity index (χ1v) is 5.40. The Hall–Kier alpha value is -1.43. The molecule has 1 aromatic carbocycles. The van der Waals surface area contributed by atoms with Crippen molar-refractivity contribution >= 4 is 5.91 Å². The SMILES string of the molecule is COCC(O)CNCc1ccccc1C(N)=O. The van der Waals surface area contributed by atoms with Crippen molar-refractivity contribution in [2.45, 2.75) is 12.6 Å².